The Kier molecular flexibility index (Phi) is 2.08. The molecule has 0 radical (unpaired) electrons. The molecule has 4 nitrogen and oxygen atoms in total. The Balaban J connectivity index is 2.15. The Hall–Kier alpha value is -1.94. The van der Waals surface area contributed by atoms with Gasteiger partial charge in [0.15, 0.2) is 5.65 Å². The monoisotopic (exact) mass is 230 g/mol. The number of halogens is 1. The van der Waals surface area contributed by atoms with Gasteiger partial charge in [-0.3, -0.25) is 0 Å². The van der Waals surface area contributed by atoms with Gasteiger partial charge in [-0.05, 0) is 24.3 Å². The zero-order chi connectivity index (χ0) is 11.0. The molecule has 0 bridgehead atoms. The molecule has 2 heterocycles. The van der Waals surface area contributed by atoms with Crippen LogP contribution in [-0.4, -0.2) is 19.9 Å². The molecule has 0 aliphatic carbocycles. The standard InChI is InChI=1S/C11H7ClN4/c12-8-3-1-7(2-4-8)10-15-9-5-13-6-14-11(9)16-10/h1-6H,(H,13,14,15,16). The number of hydrogen-bond donors (Lipinski definition) is 1. The minimum absolute atomic E-state index is 0.667. The highest BCUT2D eigenvalue weighted by Crippen LogP contribution is 2.20. The van der Waals surface area contributed by atoms with Crippen molar-refractivity contribution in [3.05, 3.63) is 41.8 Å². The van der Waals surface area contributed by atoms with Crippen molar-refractivity contribution in [3.63, 3.8) is 0 Å². The number of fused-ring (bicyclic) bond motifs is 1. The highest BCUT2D eigenvalue weighted by molar-refractivity contribution is 6.30. The topological polar surface area (TPSA) is 54.5 Å². The van der Waals surface area contributed by atoms with Crippen molar-refractivity contribution in [3.8, 4) is 11.4 Å². The van der Waals surface area contributed by atoms with Crippen molar-refractivity contribution >= 4 is 22.8 Å². The number of nitrogens with zero attached hydrogens (tertiary/aromatic N) is 3. The third-order valence-corrected chi connectivity index (χ3v) is 2.53. The van der Waals surface area contributed by atoms with Crippen LogP contribution in [0.15, 0.2) is 36.8 Å². The zero-order valence-corrected chi connectivity index (χ0v) is 8.94. The van der Waals surface area contributed by atoms with Crippen LogP contribution in [0.4, 0.5) is 0 Å². The molecular weight excluding hydrogens is 224 g/mol. The quantitative estimate of drug-likeness (QED) is 0.699. The van der Waals surface area contributed by atoms with Crippen LogP contribution < -0.4 is 0 Å². The average molecular weight is 231 g/mol. The molecule has 0 fully saturated rings. The lowest BCUT2D eigenvalue weighted by Crippen LogP contribution is -1.79. The van der Waals surface area contributed by atoms with Gasteiger partial charge in [0.25, 0.3) is 0 Å². The highest BCUT2D eigenvalue weighted by Gasteiger charge is 2.05. The molecule has 78 valence electrons. The lowest BCUT2D eigenvalue weighted by atomic mass is 10.2. The summed E-state index contributed by atoms with van der Waals surface area (Å²) in [5.74, 6) is 0.771. The maximum atomic E-state index is 5.82. The Bertz CT molecular complexity index is 597. The molecule has 5 heteroatoms. The van der Waals surface area contributed by atoms with Gasteiger partial charge < -0.3 is 4.98 Å². The summed E-state index contributed by atoms with van der Waals surface area (Å²) in [4.78, 5) is 15.5. The lowest BCUT2D eigenvalue weighted by molar-refractivity contribution is 1.20. The fraction of sp³-hybridized carbons (Fsp3) is 0. The second-order valence-corrected chi connectivity index (χ2v) is 3.79. The Labute approximate surface area is 96.3 Å². The van der Waals surface area contributed by atoms with Crippen molar-refractivity contribution in [1.82, 2.24) is 19.9 Å². The van der Waals surface area contributed by atoms with E-state index in [1.165, 1.54) is 6.33 Å². The summed E-state index contributed by atoms with van der Waals surface area (Å²) in [5.41, 5.74) is 2.47. The lowest BCUT2D eigenvalue weighted by Gasteiger charge is -1.95. The fourth-order valence-corrected chi connectivity index (χ4v) is 1.63. The molecule has 0 spiro atoms. The molecule has 1 N–H and O–H groups in total. The Morgan fingerprint density at radius 3 is 2.69 bits per heavy atom. The number of imidazole rings is 1. The Morgan fingerprint density at radius 1 is 1.12 bits per heavy atom. The van der Waals surface area contributed by atoms with Crippen LogP contribution in [0.5, 0.6) is 0 Å². The van der Waals surface area contributed by atoms with E-state index < -0.39 is 0 Å². The smallest absolute Gasteiger partial charge is 0.181 e. The maximum absolute atomic E-state index is 5.82. The summed E-state index contributed by atoms with van der Waals surface area (Å²) in [5, 5.41) is 0.708. The average Bonchev–Trinajstić information content (AvgIpc) is 2.73. The first-order valence-corrected chi connectivity index (χ1v) is 5.12. The molecule has 0 aliphatic heterocycles. The number of aromatic nitrogens is 4. The van der Waals surface area contributed by atoms with Gasteiger partial charge in [-0.15, -0.1) is 0 Å². The van der Waals surface area contributed by atoms with E-state index in [0.717, 1.165) is 16.9 Å². The molecule has 3 aromatic rings. The third kappa shape index (κ3) is 1.53. The number of benzene rings is 1. The van der Waals surface area contributed by atoms with Gasteiger partial charge in [-0.25, -0.2) is 15.0 Å². The minimum Gasteiger partial charge on any atom is -0.335 e. The van der Waals surface area contributed by atoms with E-state index in [2.05, 4.69) is 19.9 Å². The molecule has 0 saturated heterocycles. The largest absolute Gasteiger partial charge is 0.335 e. The van der Waals surface area contributed by atoms with Gasteiger partial charge >= 0.3 is 0 Å². The first-order chi connectivity index (χ1) is 7.83. The van der Waals surface area contributed by atoms with E-state index in [0.29, 0.717) is 10.7 Å². The SMILES string of the molecule is Clc1ccc(-c2nc3ncncc3[nH]2)cc1. The predicted molar refractivity (Wildman–Crippen MR) is 62.1 cm³/mol. The van der Waals surface area contributed by atoms with Crippen LogP contribution >= 0.6 is 11.6 Å². The van der Waals surface area contributed by atoms with Gasteiger partial charge in [0.2, 0.25) is 0 Å². The van der Waals surface area contributed by atoms with Crippen LogP contribution in [0.3, 0.4) is 0 Å². The van der Waals surface area contributed by atoms with E-state index in [-0.39, 0.29) is 0 Å². The summed E-state index contributed by atoms with van der Waals surface area (Å²) in [6.45, 7) is 0. The molecule has 0 saturated carbocycles. The van der Waals surface area contributed by atoms with Crippen molar-refractivity contribution in [2.45, 2.75) is 0 Å². The van der Waals surface area contributed by atoms with Gasteiger partial charge in [-0.2, -0.15) is 0 Å². The second-order valence-electron chi connectivity index (χ2n) is 3.35. The van der Waals surface area contributed by atoms with Gasteiger partial charge in [0.05, 0.1) is 6.20 Å². The molecule has 2 aromatic heterocycles. The van der Waals surface area contributed by atoms with Crippen LogP contribution in [0.2, 0.25) is 5.02 Å². The first-order valence-electron chi connectivity index (χ1n) is 4.74. The zero-order valence-electron chi connectivity index (χ0n) is 8.18. The Morgan fingerprint density at radius 2 is 1.94 bits per heavy atom. The molecule has 3 rings (SSSR count). The number of aromatic amines is 1. The van der Waals surface area contributed by atoms with Crippen molar-refractivity contribution in [1.29, 1.82) is 0 Å². The van der Waals surface area contributed by atoms with Crippen LogP contribution in [-0.2, 0) is 0 Å². The fourth-order valence-electron chi connectivity index (χ4n) is 1.51. The number of H-pyrrole nitrogens is 1. The van der Waals surface area contributed by atoms with Crippen LogP contribution in [0, 0.1) is 0 Å². The van der Waals surface area contributed by atoms with E-state index >= 15 is 0 Å². The van der Waals surface area contributed by atoms with E-state index in [1.54, 1.807) is 6.20 Å². The van der Waals surface area contributed by atoms with Gasteiger partial charge in [0.1, 0.15) is 17.7 Å². The molecule has 0 aliphatic rings. The van der Waals surface area contributed by atoms with Crippen LogP contribution in [0.1, 0.15) is 0 Å². The summed E-state index contributed by atoms with van der Waals surface area (Å²) >= 11 is 5.82. The highest BCUT2D eigenvalue weighted by atomic mass is 35.5. The van der Waals surface area contributed by atoms with Gasteiger partial charge in [0, 0.05) is 10.6 Å². The number of nitrogens with one attached hydrogen (secondary N) is 1. The minimum atomic E-state index is 0.667. The summed E-state index contributed by atoms with van der Waals surface area (Å²) in [6, 6.07) is 7.48. The maximum Gasteiger partial charge on any atom is 0.181 e. The summed E-state index contributed by atoms with van der Waals surface area (Å²) in [6.07, 6.45) is 3.18. The van der Waals surface area contributed by atoms with Crippen molar-refractivity contribution in [2.75, 3.05) is 0 Å². The summed E-state index contributed by atoms with van der Waals surface area (Å²) in [7, 11) is 0. The second kappa shape index (κ2) is 3.57. The normalized spacial score (nSPS) is 10.8. The summed E-state index contributed by atoms with van der Waals surface area (Å²) < 4.78 is 0. The third-order valence-electron chi connectivity index (χ3n) is 2.28. The number of rotatable bonds is 1. The van der Waals surface area contributed by atoms with E-state index in [1.807, 2.05) is 24.3 Å². The molecular formula is C11H7ClN4. The van der Waals surface area contributed by atoms with Crippen molar-refractivity contribution in [2.24, 2.45) is 0 Å². The molecule has 0 unspecified atom stereocenters. The molecule has 0 atom stereocenters. The van der Waals surface area contributed by atoms with Crippen molar-refractivity contribution < 1.29 is 0 Å². The van der Waals surface area contributed by atoms with E-state index in [4.69, 9.17) is 11.6 Å². The predicted octanol–water partition coefficient (Wildman–Crippen LogP) is 2.67. The van der Waals surface area contributed by atoms with Gasteiger partial charge in [-0.1, -0.05) is 11.6 Å². The first kappa shape index (κ1) is 9.30. The van der Waals surface area contributed by atoms with E-state index in [9.17, 15) is 0 Å². The number of hydrogen-bond acceptors (Lipinski definition) is 3. The molecule has 0 amide bonds. The molecule has 1 aromatic carbocycles. The molecule has 16 heavy (non-hydrogen) atoms. The van der Waals surface area contributed by atoms with Crippen LogP contribution in [0.25, 0.3) is 22.6 Å².